The summed E-state index contributed by atoms with van der Waals surface area (Å²) in [6.45, 7) is 15.0. The van der Waals surface area contributed by atoms with Crippen molar-refractivity contribution in [3.8, 4) is 0 Å². The van der Waals surface area contributed by atoms with Crippen LogP contribution in [0, 0.1) is 10.8 Å². The highest BCUT2D eigenvalue weighted by atomic mass is 16.4. The first-order valence-corrected chi connectivity index (χ1v) is 12.3. The van der Waals surface area contributed by atoms with Gasteiger partial charge in [-0.2, -0.15) is 0 Å². The first kappa shape index (κ1) is 26.7. The molecule has 2 aliphatic rings. The number of rotatable bonds is 8. The van der Waals surface area contributed by atoms with Crippen LogP contribution in [0.25, 0.3) is 0 Å². The second-order valence-electron chi connectivity index (χ2n) is 9.75. The van der Waals surface area contributed by atoms with E-state index in [2.05, 4.69) is 61.9 Å². The van der Waals surface area contributed by atoms with Gasteiger partial charge in [0.2, 0.25) is 5.89 Å². The zero-order chi connectivity index (χ0) is 24.4. The molecule has 0 saturated heterocycles. The van der Waals surface area contributed by atoms with Gasteiger partial charge < -0.3 is 4.42 Å². The van der Waals surface area contributed by atoms with Gasteiger partial charge in [-0.3, -0.25) is 4.99 Å². The topological polar surface area (TPSA) is 67.8 Å². The minimum atomic E-state index is -0.301. The summed E-state index contributed by atoms with van der Waals surface area (Å²) < 4.78 is 6.10. The van der Waals surface area contributed by atoms with Crippen molar-refractivity contribution >= 4 is 5.71 Å². The fourth-order valence-electron chi connectivity index (χ4n) is 3.82. The van der Waals surface area contributed by atoms with Crippen LogP contribution in [0.2, 0.25) is 0 Å². The van der Waals surface area contributed by atoms with Gasteiger partial charge in [0.25, 0.3) is 0 Å². The first-order chi connectivity index (χ1) is 15.7. The highest BCUT2D eigenvalue weighted by Crippen LogP contribution is 2.37. The molecule has 2 aliphatic carbocycles. The van der Waals surface area contributed by atoms with Gasteiger partial charge in [0.15, 0.2) is 0 Å². The van der Waals surface area contributed by atoms with Crippen LogP contribution in [0.5, 0.6) is 0 Å². The molecule has 0 bridgehead atoms. The highest BCUT2D eigenvalue weighted by molar-refractivity contribution is 5.80. The van der Waals surface area contributed by atoms with Crippen LogP contribution in [0.1, 0.15) is 105 Å². The largest absolute Gasteiger partial charge is 0.444 e. The van der Waals surface area contributed by atoms with Crippen molar-refractivity contribution in [3.05, 3.63) is 70.1 Å². The molecule has 5 nitrogen and oxygen atoms in total. The summed E-state index contributed by atoms with van der Waals surface area (Å²) in [4.78, 5) is 19.8. The number of aliphatic imine (C=N–C) groups is 1. The second-order valence-corrected chi connectivity index (χ2v) is 9.75. The third-order valence-electron chi connectivity index (χ3n) is 6.42. The predicted molar refractivity (Wildman–Crippen MR) is 138 cm³/mol. The van der Waals surface area contributed by atoms with E-state index in [-0.39, 0.29) is 11.3 Å². The number of hydrogen-bond acceptors (Lipinski definition) is 5. The Morgan fingerprint density at radius 3 is 2.64 bits per heavy atom. The average Bonchev–Trinajstić information content (AvgIpc) is 3.31. The Hall–Kier alpha value is -2.56. The van der Waals surface area contributed by atoms with E-state index < -0.39 is 0 Å². The number of aromatic nitrogens is 1. The molecule has 0 aromatic carbocycles. The summed E-state index contributed by atoms with van der Waals surface area (Å²) in [7, 11) is 0. The maximum absolute atomic E-state index is 10.6. The van der Waals surface area contributed by atoms with Crippen LogP contribution in [0.15, 0.2) is 68.1 Å². The number of nitroso groups, excluding NO2 is 1. The van der Waals surface area contributed by atoms with Crippen molar-refractivity contribution < 1.29 is 4.42 Å². The van der Waals surface area contributed by atoms with Gasteiger partial charge in [0, 0.05) is 23.2 Å². The molecular weight excluding hydrogens is 410 g/mol. The molecule has 3 rings (SSSR count). The van der Waals surface area contributed by atoms with E-state index in [0.717, 1.165) is 29.5 Å². The van der Waals surface area contributed by atoms with Crippen molar-refractivity contribution in [3.63, 3.8) is 0 Å². The molecule has 0 spiro atoms. The van der Waals surface area contributed by atoms with Gasteiger partial charge in [-0.05, 0) is 56.9 Å². The number of nitrogens with zero attached hydrogens (tertiary/aromatic N) is 3. The molecule has 1 aromatic rings. The van der Waals surface area contributed by atoms with Crippen molar-refractivity contribution in [2.45, 2.75) is 98.3 Å². The van der Waals surface area contributed by atoms with E-state index in [1.165, 1.54) is 31.3 Å². The lowest BCUT2D eigenvalue weighted by atomic mass is 9.81. The van der Waals surface area contributed by atoms with E-state index in [1.54, 1.807) is 12.3 Å². The Morgan fingerprint density at radius 1 is 1.30 bits per heavy atom. The van der Waals surface area contributed by atoms with Crippen molar-refractivity contribution in [2.24, 2.45) is 16.1 Å². The normalized spacial score (nSPS) is 22.9. The Bertz CT molecular complexity index is 944. The van der Waals surface area contributed by atoms with E-state index in [9.17, 15) is 4.91 Å². The third kappa shape index (κ3) is 7.76. The minimum Gasteiger partial charge on any atom is -0.444 e. The van der Waals surface area contributed by atoms with E-state index in [0.29, 0.717) is 18.0 Å². The van der Waals surface area contributed by atoms with Crippen molar-refractivity contribution in [1.29, 1.82) is 0 Å². The quantitative estimate of drug-likeness (QED) is 0.293. The van der Waals surface area contributed by atoms with Gasteiger partial charge in [0.05, 0.1) is 12.1 Å². The van der Waals surface area contributed by atoms with Gasteiger partial charge >= 0.3 is 0 Å². The third-order valence-corrected chi connectivity index (χ3v) is 6.42. The standard InChI is InChI=1S/C20H23N3O2.C8H18/c1-13(2)22-17-11-15(6-5-14(17)3)19-21-12-18(25-19)20(4)9-7-16(23-24)8-10-20;1-4-6-7-8(3)5-2/h5-9,12,15H,10-11H2,1-4H3;8H,4-7H2,1-3H3. The molecule has 0 radical (unpaired) electrons. The molecule has 0 amide bonds. The summed E-state index contributed by atoms with van der Waals surface area (Å²) in [5.74, 6) is 2.55. The van der Waals surface area contributed by atoms with Crippen molar-refractivity contribution in [1.82, 2.24) is 4.98 Å². The van der Waals surface area contributed by atoms with Crippen LogP contribution in [0.3, 0.4) is 0 Å². The molecular formula is C28H41N3O2. The Kier molecular flexibility index (Phi) is 10.2. The SMILES string of the molecule is CC(C)=NC1=C(C)C=CC(c2ncc(C3(C)C=CC(N=O)=CC3)o2)C1.CCCCC(C)CC. The monoisotopic (exact) mass is 451 g/mol. The maximum Gasteiger partial charge on any atom is 0.201 e. The lowest BCUT2D eigenvalue weighted by Gasteiger charge is -2.24. The van der Waals surface area contributed by atoms with Crippen LogP contribution in [-0.4, -0.2) is 10.7 Å². The smallest absolute Gasteiger partial charge is 0.201 e. The van der Waals surface area contributed by atoms with E-state index >= 15 is 0 Å². The molecule has 0 fully saturated rings. The van der Waals surface area contributed by atoms with Gasteiger partial charge in [0.1, 0.15) is 11.5 Å². The number of oxazole rings is 1. The lowest BCUT2D eigenvalue weighted by Crippen LogP contribution is -2.19. The van der Waals surface area contributed by atoms with Crippen LogP contribution < -0.4 is 0 Å². The molecule has 1 heterocycles. The summed E-state index contributed by atoms with van der Waals surface area (Å²) in [5, 5.41) is 2.98. The highest BCUT2D eigenvalue weighted by Gasteiger charge is 2.31. The summed E-state index contributed by atoms with van der Waals surface area (Å²) in [5.41, 5.74) is 3.48. The molecule has 3 unspecified atom stereocenters. The van der Waals surface area contributed by atoms with E-state index in [4.69, 9.17) is 4.42 Å². The summed E-state index contributed by atoms with van der Waals surface area (Å²) in [6, 6.07) is 0. The zero-order valence-corrected chi connectivity index (χ0v) is 21.5. The summed E-state index contributed by atoms with van der Waals surface area (Å²) in [6.07, 6.45) is 18.5. The van der Waals surface area contributed by atoms with Crippen LogP contribution >= 0.6 is 0 Å². The Balaban J connectivity index is 0.000000414. The predicted octanol–water partition coefficient (Wildman–Crippen LogP) is 8.56. The van der Waals surface area contributed by atoms with Crippen LogP contribution in [0.4, 0.5) is 0 Å². The number of unbranched alkanes of at least 4 members (excludes halogenated alkanes) is 1. The fraction of sp³-hybridized carbons (Fsp3) is 0.571. The van der Waals surface area contributed by atoms with Crippen molar-refractivity contribution in [2.75, 3.05) is 0 Å². The average molecular weight is 452 g/mol. The number of allylic oxidation sites excluding steroid dienone is 7. The minimum absolute atomic E-state index is 0.0921. The van der Waals surface area contributed by atoms with Gasteiger partial charge in [-0.1, -0.05) is 70.8 Å². The first-order valence-electron chi connectivity index (χ1n) is 12.3. The van der Waals surface area contributed by atoms with E-state index in [1.807, 2.05) is 26.0 Å². The number of hydrogen-bond donors (Lipinski definition) is 0. The van der Waals surface area contributed by atoms with Gasteiger partial charge in [-0.25, -0.2) is 4.98 Å². The molecule has 5 heteroatoms. The molecule has 0 aliphatic heterocycles. The Morgan fingerprint density at radius 2 is 2.06 bits per heavy atom. The second kappa shape index (κ2) is 12.6. The molecule has 0 N–H and O–H groups in total. The molecule has 33 heavy (non-hydrogen) atoms. The van der Waals surface area contributed by atoms with Gasteiger partial charge in [-0.15, -0.1) is 4.91 Å². The molecule has 180 valence electrons. The lowest BCUT2D eigenvalue weighted by molar-refractivity contribution is 0.378. The van der Waals surface area contributed by atoms with Crippen LogP contribution in [-0.2, 0) is 5.41 Å². The molecule has 0 saturated carbocycles. The summed E-state index contributed by atoms with van der Waals surface area (Å²) >= 11 is 0. The Labute approximate surface area is 199 Å². The molecule has 1 aromatic heterocycles. The fourth-order valence-corrected chi connectivity index (χ4v) is 3.82. The maximum atomic E-state index is 10.6. The zero-order valence-electron chi connectivity index (χ0n) is 21.5. The molecule has 3 atom stereocenters.